The first kappa shape index (κ1) is 26.6. The summed E-state index contributed by atoms with van der Waals surface area (Å²) in [6.07, 6.45) is 0.101. The number of nitrogens with zero attached hydrogens (tertiary/aromatic N) is 2. The zero-order valence-electron chi connectivity index (χ0n) is 19.8. The van der Waals surface area contributed by atoms with Crippen molar-refractivity contribution in [3.05, 3.63) is 88.5 Å². The normalized spacial score (nSPS) is 11.4. The molecule has 0 saturated heterocycles. The molecular formula is C26H21N2NaO5S. The smallest absolute Gasteiger partial charge is 0.545 e. The van der Waals surface area contributed by atoms with Gasteiger partial charge in [0.25, 0.3) is 0 Å². The molecule has 172 valence electrons. The number of carboxylic acid groups (broad SMARTS) is 1. The maximum absolute atomic E-state index is 13.7. The third-order valence-electron chi connectivity index (χ3n) is 5.47. The Balaban J connectivity index is 0.00000342. The minimum absolute atomic E-state index is 0. The number of methoxy groups -OCH3 is 2. The molecule has 0 N–H and O–H groups in total. The number of aliphatic carboxylic acids is 1. The van der Waals surface area contributed by atoms with Crippen LogP contribution in [-0.4, -0.2) is 34.7 Å². The van der Waals surface area contributed by atoms with Crippen LogP contribution in [0.25, 0.3) is 16.6 Å². The summed E-state index contributed by atoms with van der Waals surface area (Å²) in [7, 11) is 2.97. The average molecular weight is 497 g/mol. The molecule has 3 aromatic carbocycles. The number of fused-ring (bicyclic) bond motifs is 1. The number of aryl methyl sites for hydroxylation is 1. The Labute approximate surface area is 229 Å². The van der Waals surface area contributed by atoms with E-state index in [4.69, 9.17) is 9.47 Å². The Morgan fingerprint density at radius 3 is 2.17 bits per heavy atom. The molecule has 0 spiro atoms. The number of hydrogen-bond acceptors (Lipinski definition) is 8. The molecule has 0 aliphatic carbocycles. The number of benzene rings is 3. The Morgan fingerprint density at radius 1 is 0.857 bits per heavy atom. The second-order valence-electron chi connectivity index (χ2n) is 7.67. The van der Waals surface area contributed by atoms with Crippen molar-refractivity contribution in [1.82, 2.24) is 8.75 Å². The van der Waals surface area contributed by atoms with Gasteiger partial charge in [-0.3, -0.25) is 4.79 Å². The quantitative estimate of drug-likeness (QED) is 0.201. The second kappa shape index (κ2) is 11.6. The van der Waals surface area contributed by atoms with E-state index in [0.29, 0.717) is 28.1 Å². The zero-order chi connectivity index (χ0) is 24.2. The van der Waals surface area contributed by atoms with E-state index < -0.39 is 11.8 Å². The predicted octanol–water partition coefficient (Wildman–Crippen LogP) is 0.650. The van der Waals surface area contributed by atoms with Crippen LogP contribution in [0.1, 0.15) is 27.0 Å². The maximum Gasteiger partial charge on any atom is 1.00 e. The van der Waals surface area contributed by atoms with Gasteiger partial charge in [0.2, 0.25) is 0 Å². The molecule has 0 amide bonds. The van der Waals surface area contributed by atoms with Crippen molar-refractivity contribution in [2.24, 2.45) is 0 Å². The van der Waals surface area contributed by atoms with Crippen LogP contribution in [-0.2, 0) is 11.2 Å². The van der Waals surface area contributed by atoms with Gasteiger partial charge in [-0.2, -0.15) is 8.75 Å². The summed E-state index contributed by atoms with van der Waals surface area (Å²) in [6, 6.07) is 17.2. The molecule has 0 aliphatic heterocycles. The standard InChI is InChI=1S/C26H22N2O5S.Na/c1-15-4-6-16(7-5-15)12-19(25(29)18-9-11-22(32-2)23(14-18)33-3)24(26(30)31)17-8-10-20-21(13-17)28-34-27-20;/h4-11,13-14H,12H2,1-3H3,(H,30,31);/q;+1/p-1. The van der Waals surface area contributed by atoms with Gasteiger partial charge in [-0.15, -0.1) is 0 Å². The Bertz CT molecular complexity index is 1410. The van der Waals surface area contributed by atoms with Gasteiger partial charge in [-0.1, -0.05) is 35.9 Å². The van der Waals surface area contributed by atoms with E-state index >= 15 is 0 Å². The molecule has 0 bridgehead atoms. The van der Waals surface area contributed by atoms with Gasteiger partial charge >= 0.3 is 29.6 Å². The summed E-state index contributed by atoms with van der Waals surface area (Å²) in [5, 5.41) is 12.4. The van der Waals surface area contributed by atoms with Gasteiger partial charge in [0.1, 0.15) is 11.0 Å². The first-order valence-corrected chi connectivity index (χ1v) is 11.1. The number of ether oxygens (including phenoxy) is 2. The number of carboxylic acids is 1. The van der Waals surface area contributed by atoms with Crippen LogP contribution in [0.2, 0.25) is 0 Å². The monoisotopic (exact) mass is 496 g/mol. The molecule has 0 saturated carbocycles. The van der Waals surface area contributed by atoms with Crippen molar-refractivity contribution in [2.75, 3.05) is 14.2 Å². The van der Waals surface area contributed by atoms with Crippen LogP contribution >= 0.6 is 11.7 Å². The van der Waals surface area contributed by atoms with Crippen molar-refractivity contribution in [3.63, 3.8) is 0 Å². The molecule has 1 aromatic heterocycles. The third-order valence-corrected chi connectivity index (χ3v) is 6.03. The molecule has 4 aromatic rings. The fourth-order valence-corrected chi connectivity index (χ4v) is 4.21. The molecule has 0 unspecified atom stereocenters. The van der Waals surface area contributed by atoms with E-state index in [-0.39, 0.29) is 52.7 Å². The number of ketones is 1. The number of carbonyl (C=O) groups is 2. The van der Waals surface area contributed by atoms with Crippen LogP contribution in [0.15, 0.2) is 66.2 Å². The first-order valence-electron chi connectivity index (χ1n) is 10.4. The summed E-state index contributed by atoms with van der Waals surface area (Å²) in [5.74, 6) is -1.06. The number of carbonyl (C=O) groups excluding carboxylic acids is 2. The van der Waals surface area contributed by atoms with Gasteiger partial charge < -0.3 is 19.4 Å². The van der Waals surface area contributed by atoms with E-state index in [9.17, 15) is 14.7 Å². The predicted molar refractivity (Wildman–Crippen MR) is 128 cm³/mol. The van der Waals surface area contributed by atoms with Crippen LogP contribution in [0.4, 0.5) is 0 Å². The van der Waals surface area contributed by atoms with Gasteiger partial charge in [0.05, 0.1) is 31.9 Å². The number of hydrogen-bond donors (Lipinski definition) is 0. The molecule has 0 atom stereocenters. The fraction of sp³-hybridized carbons (Fsp3) is 0.154. The van der Waals surface area contributed by atoms with E-state index in [1.165, 1.54) is 20.3 Å². The van der Waals surface area contributed by atoms with Crippen LogP contribution in [0.5, 0.6) is 11.5 Å². The van der Waals surface area contributed by atoms with Crippen LogP contribution in [0, 0.1) is 6.92 Å². The van der Waals surface area contributed by atoms with Crippen LogP contribution < -0.4 is 44.1 Å². The zero-order valence-corrected chi connectivity index (χ0v) is 22.6. The summed E-state index contributed by atoms with van der Waals surface area (Å²) < 4.78 is 19.0. The fourth-order valence-electron chi connectivity index (χ4n) is 3.70. The molecule has 0 radical (unpaired) electrons. The van der Waals surface area contributed by atoms with Crippen molar-refractivity contribution in [2.45, 2.75) is 13.3 Å². The van der Waals surface area contributed by atoms with E-state index in [0.717, 1.165) is 22.9 Å². The van der Waals surface area contributed by atoms with Gasteiger partial charge in [-0.05, 0) is 48.4 Å². The molecule has 9 heteroatoms. The average Bonchev–Trinajstić information content (AvgIpc) is 3.32. The number of aromatic nitrogens is 2. The van der Waals surface area contributed by atoms with Crippen molar-refractivity contribution >= 4 is 40.1 Å². The van der Waals surface area contributed by atoms with Crippen LogP contribution in [0.3, 0.4) is 0 Å². The number of rotatable bonds is 8. The number of Topliss-reactive ketones (excluding diaryl/α,β-unsaturated/α-hetero) is 1. The minimum Gasteiger partial charge on any atom is -0.545 e. The largest absolute Gasteiger partial charge is 1.00 e. The van der Waals surface area contributed by atoms with Crippen molar-refractivity contribution in [3.8, 4) is 11.5 Å². The van der Waals surface area contributed by atoms with E-state index in [1.54, 1.807) is 30.3 Å². The van der Waals surface area contributed by atoms with Crippen molar-refractivity contribution < 1.29 is 53.7 Å². The topological polar surface area (TPSA) is 101 Å². The third kappa shape index (κ3) is 5.79. The van der Waals surface area contributed by atoms with E-state index in [1.807, 2.05) is 31.2 Å². The molecule has 35 heavy (non-hydrogen) atoms. The summed E-state index contributed by atoms with van der Waals surface area (Å²) in [5.41, 5.74) is 3.57. The Kier molecular flexibility index (Phi) is 8.80. The molecule has 7 nitrogen and oxygen atoms in total. The summed E-state index contributed by atoms with van der Waals surface area (Å²) >= 11 is 1.03. The second-order valence-corrected chi connectivity index (χ2v) is 8.20. The first-order chi connectivity index (χ1) is 16.4. The Hall–Kier alpha value is -3.04. The minimum atomic E-state index is -1.45. The summed E-state index contributed by atoms with van der Waals surface area (Å²) in [6.45, 7) is 1.96. The SMILES string of the molecule is COc1ccc(C(=O)C(Cc2ccc(C)cc2)=C(C(=O)[O-])c2ccc3nsnc3c2)cc1OC.[Na+]. The molecule has 4 rings (SSSR count). The van der Waals surface area contributed by atoms with E-state index in [2.05, 4.69) is 8.75 Å². The van der Waals surface area contributed by atoms with Gasteiger partial charge in [-0.25, -0.2) is 0 Å². The summed E-state index contributed by atoms with van der Waals surface area (Å²) in [4.78, 5) is 26.2. The maximum atomic E-state index is 13.7. The molecular weight excluding hydrogens is 475 g/mol. The van der Waals surface area contributed by atoms with Gasteiger partial charge in [0.15, 0.2) is 17.3 Å². The Morgan fingerprint density at radius 2 is 1.51 bits per heavy atom. The molecule has 0 aliphatic rings. The van der Waals surface area contributed by atoms with Gasteiger partial charge in [0, 0.05) is 23.1 Å². The number of allylic oxidation sites excluding steroid dienone is 1. The molecule has 0 fully saturated rings. The molecule has 1 heterocycles. The van der Waals surface area contributed by atoms with Crippen molar-refractivity contribution in [1.29, 1.82) is 0 Å².